The van der Waals surface area contributed by atoms with Gasteiger partial charge >= 0.3 is 0 Å². The van der Waals surface area contributed by atoms with E-state index < -0.39 is 0 Å². The number of nitrogens with one attached hydrogen (secondary N) is 2. The van der Waals surface area contributed by atoms with Gasteiger partial charge in [-0.15, -0.1) is 0 Å². The van der Waals surface area contributed by atoms with E-state index in [0.29, 0.717) is 12.0 Å². The van der Waals surface area contributed by atoms with Gasteiger partial charge in [0, 0.05) is 24.0 Å². The van der Waals surface area contributed by atoms with Gasteiger partial charge in [-0.05, 0) is 29.0 Å². The van der Waals surface area contributed by atoms with Gasteiger partial charge in [0.1, 0.15) is 0 Å². The second-order valence-corrected chi connectivity index (χ2v) is 6.00. The average molecular weight is 320 g/mol. The van der Waals surface area contributed by atoms with Gasteiger partial charge in [0.15, 0.2) is 0 Å². The Labute approximate surface area is 140 Å². The number of para-hydroxylation sites is 1. The zero-order chi connectivity index (χ0) is 16.9. The van der Waals surface area contributed by atoms with Crippen LogP contribution in [0.3, 0.4) is 0 Å². The molecule has 122 valence electrons. The molecule has 2 N–H and O–H groups in total. The molecule has 0 saturated carbocycles. The van der Waals surface area contributed by atoms with Crippen molar-refractivity contribution in [2.24, 2.45) is 0 Å². The number of aromatic nitrogens is 1. The van der Waals surface area contributed by atoms with Crippen LogP contribution in [0.25, 0.3) is 10.9 Å². The van der Waals surface area contributed by atoms with Gasteiger partial charge < -0.3 is 10.3 Å². The molecule has 2 aromatic carbocycles. The number of aromatic amines is 1. The number of benzene rings is 2. The summed E-state index contributed by atoms with van der Waals surface area (Å²) in [6.45, 7) is 2.26. The lowest BCUT2D eigenvalue weighted by Crippen LogP contribution is -2.27. The Morgan fingerprint density at radius 1 is 1.08 bits per heavy atom. The van der Waals surface area contributed by atoms with Gasteiger partial charge in [0.05, 0.1) is 0 Å². The molecule has 24 heavy (non-hydrogen) atoms. The molecular formula is C20H20N2O2. The lowest BCUT2D eigenvalue weighted by molar-refractivity contribution is -0.121. The Kier molecular flexibility index (Phi) is 4.75. The summed E-state index contributed by atoms with van der Waals surface area (Å²) in [4.78, 5) is 27.1. The summed E-state index contributed by atoms with van der Waals surface area (Å²) in [5.41, 5.74) is 2.34. The largest absolute Gasteiger partial charge is 0.352 e. The predicted octanol–water partition coefficient (Wildman–Crippen LogP) is 3.34. The average Bonchev–Trinajstić information content (AvgIpc) is 2.60. The van der Waals surface area contributed by atoms with Crippen molar-refractivity contribution >= 4 is 16.8 Å². The number of H-pyrrole nitrogens is 1. The molecule has 1 heterocycles. The number of amides is 1. The highest BCUT2D eigenvalue weighted by Crippen LogP contribution is 2.18. The predicted molar refractivity (Wildman–Crippen MR) is 95.9 cm³/mol. The van der Waals surface area contributed by atoms with E-state index in [4.69, 9.17) is 0 Å². The molecule has 1 atom stereocenters. The van der Waals surface area contributed by atoms with Crippen molar-refractivity contribution in [3.8, 4) is 0 Å². The van der Waals surface area contributed by atoms with Gasteiger partial charge in [-0.3, -0.25) is 9.59 Å². The summed E-state index contributed by atoms with van der Waals surface area (Å²) in [5, 5.41) is 3.80. The first kappa shape index (κ1) is 16.0. The quantitative estimate of drug-likeness (QED) is 0.757. The Balaban J connectivity index is 1.64. The Morgan fingerprint density at radius 3 is 2.58 bits per heavy atom. The summed E-state index contributed by atoms with van der Waals surface area (Å²) >= 11 is 0. The van der Waals surface area contributed by atoms with Crippen molar-refractivity contribution in [3.05, 3.63) is 82.1 Å². The van der Waals surface area contributed by atoms with Crippen molar-refractivity contribution in [2.45, 2.75) is 25.8 Å². The van der Waals surface area contributed by atoms with Gasteiger partial charge in [-0.1, -0.05) is 55.5 Å². The van der Waals surface area contributed by atoms with E-state index in [1.165, 1.54) is 0 Å². The topological polar surface area (TPSA) is 62.0 Å². The molecule has 0 aliphatic heterocycles. The first-order chi connectivity index (χ1) is 11.6. The zero-order valence-corrected chi connectivity index (χ0v) is 13.6. The molecule has 0 bridgehead atoms. The molecule has 0 saturated heterocycles. The minimum Gasteiger partial charge on any atom is -0.352 e. The second kappa shape index (κ2) is 7.13. The molecule has 1 amide bonds. The molecule has 1 unspecified atom stereocenters. The van der Waals surface area contributed by atoms with Crippen LogP contribution in [0.4, 0.5) is 0 Å². The third-order valence-corrected chi connectivity index (χ3v) is 4.17. The molecular weight excluding hydrogens is 300 g/mol. The number of fused-ring (bicyclic) bond motifs is 1. The monoisotopic (exact) mass is 320 g/mol. The number of carbonyl (C=O) groups is 1. The Bertz CT molecular complexity index is 900. The number of pyridine rings is 1. The fraction of sp³-hybridized carbons (Fsp3) is 0.200. The fourth-order valence-electron chi connectivity index (χ4n) is 2.77. The van der Waals surface area contributed by atoms with E-state index >= 15 is 0 Å². The minimum atomic E-state index is -0.162. The summed E-state index contributed by atoms with van der Waals surface area (Å²) in [6.07, 6.45) is 0.398. The van der Waals surface area contributed by atoms with E-state index in [2.05, 4.69) is 10.3 Å². The van der Waals surface area contributed by atoms with Gasteiger partial charge in [-0.2, -0.15) is 0 Å². The molecule has 0 aliphatic rings. The minimum absolute atomic E-state index is 0.0566. The highest BCUT2D eigenvalue weighted by molar-refractivity contribution is 5.79. The number of hydrogen-bond acceptors (Lipinski definition) is 2. The van der Waals surface area contributed by atoms with E-state index in [1.54, 1.807) is 0 Å². The molecule has 0 fully saturated rings. The highest BCUT2D eigenvalue weighted by atomic mass is 16.1. The third-order valence-electron chi connectivity index (χ3n) is 4.17. The van der Waals surface area contributed by atoms with Crippen LogP contribution in [0, 0.1) is 0 Å². The molecule has 4 heteroatoms. The summed E-state index contributed by atoms with van der Waals surface area (Å²) < 4.78 is 0. The first-order valence-electron chi connectivity index (χ1n) is 8.06. The first-order valence-corrected chi connectivity index (χ1v) is 8.06. The molecule has 4 nitrogen and oxygen atoms in total. The van der Waals surface area contributed by atoms with Crippen LogP contribution in [-0.4, -0.2) is 10.9 Å². The van der Waals surface area contributed by atoms with Crippen LogP contribution in [-0.2, 0) is 11.3 Å². The standard InChI is InChI=1S/C20H20N2O2/c1-14(15-7-3-2-4-8-15)11-19(23)21-13-17-12-16-9-5-6-10-18(16)22-20(17)24/h2-10,12,14H,11,13H2,1H3,(H,21,23)(H,22,24). The van der Waals surface area contributed by atoms with Crippen LogP contribution in [0.5, 0.6) is 0 Å². The van der Waals surface area contributed by atoms with Crippen LogP contribution < -0.4 is 10.9 Å². The smallest absolute Gasteiger partial charge is 0.253 e. The summed E-state index contributed by atoms with van der Waals surface area (Å²) in [7, 11) is 0. The van der Waals surface area contributed by atoms with Gasteiger partial charge in [0.25, 0.3) is 5.56 Å². The highest BCUT2D eigenvalue weighted by Gasteiger charge is 2.11. The third kappa shape index (κ3) is 3.71. The van der Waals surface area contributed by atoms with Crippen molar-refractivity contribution in [1.29, 1.82) is 0 Å². The molecule has 3 aromatic rings. The lowest BCUT2D eigenvalue weighted by atomic mass is 9.97. The van der Waals surface area contributed by atoms with Crippen LogP contribution in [0.15, 0.2) is 65.5 Å². The van der Waals surface area contributed by atoms with Crippen molar-refractivity contribution in [3.63, 3.8) is 0 Å². The summed E-state index contributed by atoms with van der Waals surface area (Å²) in [6, 6.07) is 19.4. The maximum atomic E-state index is 12.2. The SMILES string of the molecule is CC(CC(=O)NCc1cc2ccccc2[nH]c1=O)c1ccccc1. The van der Waals surface area contributed by atoms with Crippen molar-refractivity contribution < 1.29 is 4.79 Å². The van der Waals surface area contributed by atoms with Crippen LogP contribution in [0.1, 0.15) is 30.4 Å². The molecule has 0 radical (unpaired) electrons. The van der Waals surface area contributed by atoms with E-state index in [0.717, 1.165) is 16.5 Å². The van der Waals surface area contributed by atoms with E-state index in [9.17, 15) is 9.59 Å². The second-order valence-electron chi connectivity index (χ2n) is 6.00. The fourth-order valence-corrected chi connectivity index (χ4v) is 2.77. The van der Waals surface area contributed by atoms with Gasteiger partial charge in [0.2, 0.25) is 5.91 Å². The number of carbonyl (C=O) groups excluding carboxylic acids is 1. The molecule has 3 rings (SSSR count). The Hall–Kier alpha value is -2.88. The van der Waals surface area contributed by atoms with Crippen LogP contribution >= 0.6 is 0 Å². The maximum absolute atomic E-state index is 12.2. The van der Waals surface area contributed by atoms with Crippen LogP contribution in [0.2, 0.25) is 0 Å². The van der Waals surface area contributed by atoms with Crippen molar-refractivity contribution in [2.75, 3.05) is 0 Å². The van der Waals surface area contributed by atoms with Gasteiger partial charge in [-0.25, -0.2) is 0 Å². The molecule has 0 aliphatic carbocycles. The normalized spacial score (nSPS) is 12.0. The van der Waals surface area contributed by atoms with E-state index in [-0.39, 0.29) is 23.9 Å². The van der Waals surface area contributed by atoms with E-state index in [1.807, 2.05) is 67.6 Å². The Morgan fingerprint density at radius 2 is 1.79 bits per heavy atom. The van der Waals surface area contributed by atoms with Crippen molar-refractivity contribution in [1.82, 2.24) is 10.3 Å². The molecule has 0 spiro atoms. The maximum Gasteiger partial charge on any atom is 0.253 e. The number of hydrogen-bond donors (Lipinski definition) is 2. The molecule has 1 aromatic heterocycles. The zero-order valence-electron chi connectivity index (χ0n) is 13.6. The lowest BCUT2D eigenvalue weighted by Gasteiger charge is -2.12. The number of rotatable bonds is 5. The summed E-state index contributed by atoms with van der Waals surface area (Å²) in [5.74, 6) is 0.0833.